The number of ether oxygens (including phenoxy) is 1. The highest BCUT2D eigenvalue weighted by Crippen LogP contribution is 2.45. The fraction of sp³-hybridized carbons (Fsp3) is 0.273. The number of imidazole rings is 1. The van der Waals surface area contributed by atoms with Crippen molar-refractivity contribution in [1.82, 2.24) is 14.1 Å². The molecule has 0 spiro atoms. The van der Waals surface area contributed by atoms with Gasteiger partial charge in [-0.15, -0.1) is 0 Å². The van der Waals surface area contributed by atoms with Crippen molar-refractivity contribution in [3.63, 3.8) is 0 Å². The highest BCUT2D eigenvalue weighted by Gasteiger charge is 2.41. The number of rotatable bonds is 12. The van der Waals surface area contributed by atoms with Crippen molar-refractivity contribution in [3.8, 4) is 39.8 Å². The lowest BCUT2D eigenvalue weighted by Crippen LogP contribution is -2.43. The Balaban J connectivity index is 1.20. The van der Waals surface area contributed by atoms with Gasteiger partial charge in [0.25, 0.3) is 6.33 Å². The smallest absolute Gasteiger partial charge is 0.269 e. The molecule has 82 heavy (non-hydrogen) atoms. The molecule has 0 saturated heterocycles. The number of benzene rings is 8. The average Bonchev–Trinajstić information content (AvgIpc) is 3.58. The van der Waals surface area contributed by atoms with Crippen molar-refractivity contribution in [3.05, 3.63) is 269 Å². The van der Waals surface area contributed by atoms with Crippen LogP contribution in [0.4, 0.5) is 0 Å². The second-order valence-electron chi connectivity index (χ2n) is 27.3. The lowest BCUT2D eigenvalue weighted by Gasteiger charge is -2.35. The van der Waals surface area contributed by atoms with Gasteiger partial charge in [-0.2, -0.15) is 0 Å². The molecular weight excluding hydrogens is 997 g/mol. The van der Waals surface area contributed by atoms with Crippen molar-refractivity contribution in [1.29, 1.82) is 0 Å². The summed E-state index contributed by atoms with van der Waals surface area (Å²) in [6.45, 7) is 34.7. The summed E-state index contributed by atoms with van der Waals surface area (Å²) in [6.07, 6.45) is 6.11. The van der Waals surface area contributed by atoms with E-state index in [1.807, 2.05) is 6.20 Å². The van der Waals surface area contributed by atoms with Gasteiger partial charge in [-0.25, -0.2) is 4.98 Å². The largest absolute Gasteiger partial charge is 0.458 e. The van der Waals surface area contributed by atoms with Crippen LogP contribution in [0.3, 0.4) is 0 Å². The highest BCUT2D eigenvalue weighted by atomic mass is 16.5. The van der Waals surface area contributed by atoms with Crippen LogP contribution in [0.2, 0.25) is 0 Å². The number of fused-ring (bicyclic) bond motifs is 3. The molecule has 0 saturated carbocycles. The van der Waals surface area contributed by atoms with Crippen LogP contribution in [0, 0.1) is 6.33 Å². The normalized spacial score (nSPS) is 12.8. The number of pyridine rings is 1. The predicted molar refractivity (Wildman–Crippen MR) is 342 cm³/mol. The third kappa shape index (κ3) is 10.4. The Morgan fingerprint density at radius 2 is 0.951 bits per heavy atom. The molecular formula is C77H80N4O. The quantitative estimate of drug-likeness (QED) is 0.0903. The summed E-state index contributed by atoms with van der Waals surface area (Å²) < 4.78 is 14.4. The third-order valence-electron chi connectivity index (χ3n) is 17.2. The number of hydrogen-bond donors (Lipinski definition) is 0. The van der Waals surface area contributed by atoms with Gasteiger partial charge >= 0.3 is 0 Å². The molecule has 11 aromatic rings. The Labute approximate surface area is 488 Å². The van der Waals surface area contributed by atoms with E-state index in [-0.39, 0.29) is 16.2 Å². The summed E-state index contributed by atoms with van der Waals surface area (Å²) >= 11 is 0. The molecule has 0 fully saturated rings. The van der Waals surface area contributed by atoms with E-state index < -0.39 is 16.2 Å². The van der Waals surface area contributed by atoms with Gasteiger partial charge in [0, 0.05) is 39.3 Å². The molecule has 0 atom stereocenters. The maximum absolute atomic E-state index is 7.38. The number of aromatic nitrogens is 4. The van der Waals surface area contributed by atoms with Gasteiger partial charge in [-0.1, -0.05) is 237 Å². The zero-order valence-electron chi connectivity index (χ0n) is 50.9. The minimum atomic E-state index is -0.552. The van der Waals surface area contributed by atoms with Crippen LogP contribution < -0.4 is 9.30 Å². The van der Waals surface area contributed by atoms with Gasteiger partial charge in [-0.3, -0.25) is 13.7 Å². The second-order valence-corrected chi connectivity index (χ2v) is 27.3. The van der Waals surface area contributed by atoms with E-state index in [9.17, 15) is 0 Å². The minimum absolute atomic E-state index is 0.0292. The molecule has 8 aromatic carbocycles. The molecule has 414 valence electrons. The molecule has 3 heterocycles. The molecule has 5 heteroatoms. The minimum Gasteiger partial charge on any atom is -0.458 e. The van der Waals surface area contributed by atoms with Crippen LogP contribution in [-0.4, -0.2) is 14.1 Å². The first-order valence-corrected chi connectivity index (χ1v) is 29.2. The third-order valence-corrected chi connectivity index (χ3v) is 17.2. The zero-order valence-corrected chi connectivity index (χ0v) is 50.9. The van der Waals surface area contributed by atoms with Gasteiger partial charge in [0.05, 0.1) is 33.8 Å². The lowest BCUT2D eigenvalue weighted by molar-refractivity contribution is -0.611. The molecule has 5 nitrogen and oxygen atoms in total. The van der Waals surface area contributed by atoms with Crippen molar-refractivity contribution in [2.45, 2.75) is 136 Å². The van der Waals surface area contributed by atoms with Crippen LogP contribution in [-0.2, 0) is 32.5 Å². The highest BCUT2D eigenvalue weighted by molar-refractivity contribution is 6.09. The molecule has 0 aliphatic carbocycles. The molecule has 0 amide bonds. The molecule has 0 radical (unpaired) electrons. The van der Waals surface area contributed by atoms with Crippen molar-refractivity contribution in [2.24, 2.45) is 0 Å². The van der Waals surface area contributed by atoms with Gasteiger partial charge in [0.1, 0.15) is 17.3 Å². The molecule has 0 bridgehead atoms. The first-order chi connectivity index (χ1) is 38.8. The summed E-state index contributed by atoms with van der Waals surface area (Å²) in [5.41, 5.74) is 15.5. The van der Waals surface area contributed by atoms with Crippen molar-refractivity contribution in [2.75, 3.05) is 0 Å². The Morgan fingerprint density at radius 3 is 1.55 bits per heavy atom. The summed E-state index contributed by atoms with van der Waals surface area (Å²) in [7, 11) is 0. The maximum atomic E-state index is 7.38. The topological polar surface area (TPSA) is 35.9 Å². The SMILES string of the molecule is CC(C)(C)c1cc(-c2ccccc2)cc(-[n+]2[c-]n(-c3cc(Oc4ccc5c6cc(C(C)(C)C)ccc6n(-c6cc(C(C)(C)C)ccn6)c5c4)cc(C(C)(C)c4ccccc4)c3)c(C(C)(C)c3ccccc3)c2C(C)(C)c2ccccc2)c1. The fourth-order valence-corrected chi connectivity index (χ4v) is 12.0. The van der Waals surface area contributed by atoms with Crippen LogP contribution in [0.15, 0.2) is 212 Å². The first kappa shape index (κ1) is 55.6. The Morgan fingerprint density at radius 1 is 0.390 bits per heavy atom. The fourth-order valence-electron chi connectivity index (χ4n) is 12.0. The van der Waals surface area contributed by atoms with Crippen molar-refractivity contribution < 1.29 is 9.30 Å². The first-order valence-electron chi connectivity index (χ1n) is 29.2. The Hall–Kier alpha value is -8.28. The molecule has 0 unspecified atom stereocenters. The van der Waals surface area contributed by atoms with E-state index >= 15 is 0 Å². The molecule has 0 aliphatic rings. The van der Waals surface area contributed by atoms with E-state index in [0.29, 0.717) is 0 Å². The van der Waals surface area contributed by atoms with Crippen LogP contribution >= 0.6 is 0 Å². The molecule has 3 aromatic heterocycles. The molecule has 0 aliphatic heterocycles. The predicted octanol–water partition coefficient (Wildman–Crippen LogP) is 19.4. The summed E-state index contributed by atoms with van der Waals surface area (Å²) in [6, 6.07) is 75.4. The van der Waals surface area contributed by atoms with Gasteiger partial charge < -0.3 is 4.74 Å². The van der Waals surface area contributed by atoms with E-state index in [0.717, 1.165) is 67.6 Å². The van der Waals surface area contributed by atoms with E-state index in [1.165, 1.54) is 44.3 Å². The van der Waals surface area contributed by atoms with Gasteiger partial charge in [0.2, 0.25) is 0 Å². The van der Waals surface area contributed by atoms with E-state index in [1.54, 1.807) is 0 Å². The Bertz CT molecular complexity index is 4120. The summed E-state index contributed by atoms with van der Waals surface area (Å²) in [5.74, 6) is 2.34. The average molecular weight is 1080 g/mol. The van der Waals surface area contributed by atoms with Crippen LogP contribution in [0.25, 0.3) is 50.1 Å². The standard InChI is InChI=1S/C77H80N4O/c1-72(2,3)57-36-39-67-66(47-57)65-38-37-63(50-68(65)81(67)69-48-58(40-41-78-69)73(4,5)6)82-64-46-60(75(10,11)54-30-22-17-23-31-54)45-62(49-64)80-51-79(61-43-53(52-28-20-16-21-29-52)42-59(44-61)74(7,8)9)70(76(12,13)55-32-24-18-25-33-55)71(80)77(14,15)56-34-26-19-27-35-56/h16-50H,1-15H3. The van der Waals surface area contributed by atoms with E-state index in [2.05, 4.69) is 330 Å². The van der Waals surface area contributed by atoms with Crippen LogP contribution in [0.1, 0.15) is 154 Å². The monoisotopic (exact) mass is 1080 g/mol. The summed E-state index contributed by atoms with van der Waals surface area (Å²) in [4.78, 5) is 5.06. The molecule has 0 N–H and O–H groups in total. The number of hydrogen-bond acceptors (Lipinski definition) is 2. The van der Waals surface area contributed by atoms with Crippen LogP contribution in [0.5, 0.6) is 11.5 Å². The van der Waals surface area contributed by atoms with Crippen molar-refractivity contribution >= 4 is 21.8 Å². The van der Waals surface area contributed by atoms with Gasteiger partial charge in [-0.05, 0) is 133 Å². The lowest BCUT2D eigenvalue weighted by atomic mass is 9.73. The summed E-state index contributed by atoms with van der Waals surface area (Å²) in [5, 5.41) is 2.34. The maximum Gasteiger partial charge on any atom is 0.269 e. The Kier molecular flexibility index (Phi) is 14.0. The molecule has 11 rings (SSSR count). The zero-order chi connectivity index (χ0) is 58.1. The number of nitrogens with zero attached hydrogens (tertiary/aromatic N) is 4. The van der Waals surface area contributed by atoms with Gasteiger partial charge in [0.15, 0.2) is 0 Å². The van der Waals surface area contributed by atoms with E-state index in [4.69, 9.17) is 9.72 Å². The second kappa shape index (κ2) is 20.6.